The van der Waals surface area contributed by atoms with Gasteiger partial charge in [0.1, 0.15) is 5.38 Å². The van der Waals surface area contributed by atoms with Crippen LogP contribution in [0.25, 0.3) is 0 Å². The van der Waals surface area contributed by atoms with Gasteiger partial charge in [-0.15, -0.1) is 11.6 Å². The first-order valence-corrected chi connectivity index (χ1v) is 8.42. The minimum atomic E-state index is -0.586. The Morgan fingerprint density at radius 3 is 2.09 bits per heavy atom. The second-order valence-electron chi connectivity index (χ2n) is 5.86. The normalized spacial score (nSPS) is 17.0. The number of carbonyl (C=O) groups is 1. The van der Waals surface area contributed by atoms with Crippen LogP contribution in [0.1, 0.15) is 16.5 Å². The van der Waals surface area contributed by atoms with Crippen LogP contribution >= 0.6 is 11.6 Å². The monoisotopic (exact) mass is 328 g/mol. The van der Waals surface area contributed by atoms with Gasteiger partial charge in [0.25, 0.3) is 0 Å². The van der Waals surface area contributed by atoms with Crippen molar-refractivity contribution in [2.45, 2.75) is 11.9 Å². The molecule has 1 aliphatic rings. The van der Waals surface area contributed by atoms with Crippen molar-refractivity contribution in [3.05, 3.63) is 71.8 Å². The Morgan fingerprint density at radius 1 is 0.913 bits per heavy atom. The zero-order valence-electron chi connectivity index (χ0n) is 13.1. The topological polar surface area (TPSA) is 23.6 Å². The van der Waals surface area contributed by atoms with Gasteiger partial charge < -0.3 is 4.90 Å². The Morgan fingerprint density at radius 2 is 1.48 bits per heavy atom. The molecule has 0 N–H and O–H groups in total. The Labute approximate surface area is 142 Å². The van der Waals surface area contributed by atoms with E-state index in [0.29, 0.717) is 0 Å². The molecule has 1 heterocycles. The number of hydrogen-bond donors (Lipinski definition) is 0. The lowest BCUT2D eigenvalue weighted by atomic mass is 10.1. The molecule has 3 nitrogen and oxygen atoms in total. The van der Waals surface area contributed by atoms with Crippen LogP contribution in [-0.2, 0) is 11.3 Å². The highest BCUT2D eigenvalue weighted by Crippen LogP contribution is 2.23. The van der Waals surface area contributed by atoms with Gasteiger partial charge in [0.15, 0.2) is 0 Å². The molecular weight excluding hydrogens is 308 g/mol. The van der Waals surface area contributed by atoms with Gasteiger partial charge >= 0.3 is 0 Å². The van der Waals surface area contributed by atoms with Crippen LogP contribution in [0.2, 0.25) is 0 Å². The predicted octanol–water partition coefficient (Wildman–Crippen LogP) is 3.31. The summed E-state index contributed by atoms with van der Waals surface area (Å²) in [4.78, 5) is 16.8. The predicted molar refractivity (Wildman–Crippen MR) is 93.3 cm³/mol. The molecule has 1 saturated heterocycles. The van der Waals surface area contributed by atoms with Gasteiger partial charge in [-0.3, -0.25) is 9.69 Å². The zero-order valence-corrected chi connectivity index (χ0v) is 13.8. The van der Waals surface area contributed by atoms with Crippen molar-refractivity contribution in [3.63, 3.8) is 0 Å². The fraction of sp³-hybridized carbons (Fsp3) is 0.316. The molecule has 1 fully saturated rings. The summed E-state index contributed by atoms with van der Waals surface area (Å²) < 4.78 is 0. The largest absolute Gasteiger partial charge is 0.339 e. The van der Waals surface area contributed by atoms with E-state index in [9.17, 15) is 4.79 Å². The first kappa shape index (κ1) is 16.0. The maximum atomic E-state index is 12.5. The molecule has 0 aliphatic carbocycles. The Kier molecular flexibility index (Phi) is 5.31. The maximum absolute atomic E-state index is 12.5. The number of carbonyl (C=O) groups excluding carboxylic acids is 1. The summed E-state index contributed by atoms with van der Waals surface area (Å²) in [7, 11) is 0. The van der Waals surface area contributed by atoms with Crippen LogP contribution in [0.15, 0.2) is 60.7 Å². The summed E-state index contributed by atoms with van der Waals surface area (Å²) >= 11 is 6.35. The maximum Gasteiger partial charge on any atom is 0.245 e. The number of alkyl halides is 1. The summed E-state index contributed by atoms with van der Waals surface area (Å²) in [6, 6.07) is 20.0. The molecule has 0 radical (unpaired) electrons. The molecule has 0 aromatic heterocycles. The number of nitrogens with zero attached hydrogens (tertiary/aromatic N) is 2. The van der Waals surface area contributed by atoms with E-state index >= 15 is 0 Å². The second kappa shape index (κ2) is 7.62. The molecule has 2 aromatic carbocycles. The lowest BCUT2D eigenvalue weighted by Crippen LogP contribution is -2.49. The third-order valence-electron chi connectivity index (χ3n) is 4.24. The molecule has 120 valence electrons. The van der Waals surface area contributed by atoms with E-state index in [0.717, 1.165) is 38.3 Å². The second-order valence-corrected chi connectivity index (χ2v) is 6.30. The molecule has 2 aromatic rings. The van der Waals surface area contributed by atoms with Crippen molar-refractivity contribution < 1.29 is 4.79 Å². The van der Waals surface area contributed by atoms with Gasteiger partial charge in [0.2, 0.25) is 5.91 Å². The molecular formula is C19H21ClN2O. The third-order valence-corrected chi connectivity index (χ3v) is 4.68. The van der Waals surface area contributed by atoms with Gasteiger partial charge in [0.05, 0.1) is 0 Å². The number of piperazine rings is 1. The Hall–Kier alpha value is -1.84. The average molecular weight is 329 g/mol. The number of hydrogen-bond acceptors (Lipinski definition) is 2. The van der Waals surface area contributed by atoms with Crippen LogP contribution in [-0.4, -0.2) is 41.9 Å². The number of amides is 1. The number of halogens is 1. The van der Waals surface area contributed by atoms with E-state index in [-0.39, 0.29) is 5.91 Å². The van der Waals surface area contributed by atoms with Crippen LogP contribution < -0.4 is 0 Å². The van der Waals surface area contributed by atoms with Gasteiger partial charge in [-0.25, -0.2) is 0 Å². The summed E-state index contributed by atoms with van der Waals surface area (Å²) in [5, 5.41) is -0.586. The quantitative estimate of drug-likeness (QED) is 0.804. The fourth-order valence-corrected chi connectivity index (χ4v) is 3.18. The average Bonchev–Trinajstić information content (AvgIpc) is 2.63. The first-order valence-electron chi connectivity index (χ1n) is 7.98. The summed E-state index contributed by atoms with van der Waals surface area (Å²) in [5.74, 6) is 0.0113. The van der Waals surface area contributed by atoms with Gasteiger partial charge in [-0.05, 0) is 11.1 Å². The molecule has 3 rings (SSSR count). The fourth-order valence-electron chi connectivity index (χ4n) is 2.89. The lowest BCUT2D eigenvalue weighted by molar-refractivity contribution is -0.132. The smallest absolute Gasteiger partial charge is 0.245 e. The highest BCUT2D eigenvalue weighted by atomic mass is 35.5. The van der Waals surface area contributed by atoms with Crippen molar-refractivity contribution in [1.82, 2.24) is 9.80 Å². The molecule has 0 bridgehead atoms. The molecule has 1 atom stereocenters. The third kappa shape index (κ3) is 4.12. The van der Waals surface area contributed by atoms with Gasteiger partial charge in [0, 0.05) is 32.7 Å². The summed E-state index contributed by atoms with van der Waals surface area (Å²) in [6.07, 6.45) is 0. The number of benzene rings is 2. The van der Waals surface area contributed by atoms with Crippen LogP contribution in [0, 0.1) is 0 Å². The van der Waals surface area contributed by atoms with Crippen molar-refractivity contribution >= 4 is 17.5 Å². The SMILES string of the molecule is O=C([C@@H](Cl)c1ccccc1)N1CCN(Cc2ccccc2)CC1. The van der Waals surface area contributed by atoms with E-state index in [1.165, 1.54) is 5.56 Å². The van der Waals surface area contributed by atoms with Gasteiger partial charge in [-0.1, -0.05) is 60.7 Å². The Balaban J connectivity index is 1.53. The molecule has 23 heavy (non-hydrogen) atoms. The van der Waals surface area contributed by atoms with E-state index in [1.807, 2.05) is 41.3 Å². The van der Waals surface area contributed by atoms with E-state index in [2.05, 4.69) is 29.2 Å². The summed E-state index contributed by atoms with van der Waals surface area (Å²) in [6.45, 7) is 4.19. The highest BCUT2D eigenvalue weighted by molar-refractivity contribution is 6.30. The molecule has 1 amide bonds. The molecule has 4 heteroatoms. The number of rotatable bonds is 4. The standard InChI is InChI=1S/C19H21ClN2O/c20-18(17-9-5-2-6-10-17)19(23)22-13-11-21(12-14-22)15-16-7-3-1-4-8-16/h1-10,18H,11-15H2/t18-/m0/s1. The molecule has 0 unspecified atom stereocenters. The van der Waals surface area contributed by atoms with Crippen LogP contribution in [0.4, 0.5) is 0 Å². The minimum Gasteiger partial charge on any atom is -0.339 e. The highest BCUT2D eigenvalue weighted by Gasteiger charge is 2.27. The lowest BCUT2D eigenvalue weighted by Gasteiger charge is -2.35. The summed E-state index contributed by atoms with van der Waals surface area (Å²) in [5.41, 5.74) is 2.18. The van der Waals surface area contributed by atoms with E-state index in [4.69, 9.17) is 11.6 Å². The van der Waals surface area contributed by atoms with E-state index < -0.39 is 5.38 Å². The van der Waals surface area contributed by atoms with Crippen molar-refractivity contribution in [2.24, 2.45) is 0 Å². The minimum absolute atomic E-state index is 0.0113. The van der Waals surface area contributed by atoms with E-state index in [1.54, 1.807) is 0 Å². The first-order chi connectivity index (χ1) is 11.2. The van der Waals surface area contributed by atoms with Gasteiger partial charge in [-0.2, -0.15) is 0 Å². The molecule has 0 spiro atoms. The van der Waals surface area contributed by atoms with Crippen LogP contribution in [0.3, 0.4) is 0 Å². The van der Waals surface area contributed by atoms with Crippen LogP contribution in [0.5, 0.6) is 0 Å². The van der Waals surface area contributed by atoms with Crippen molar-refractivity contribution in [2.75, 3.05) is 26.2 Å². The Bertz CT molecular complexity index is 624. The van der Waals surface area contributed by atoms with Crippen molar-refractivity contribution in [3.8, 4) is 0 Å². The van der Waals surface area contributed by atoms with Crippen molar-refractivity contribution in [1.29, 1.82) is 0 Å². The molecule has 1 aliphatic heterocycles. The zero-order chi connectivity index (χ0) is 16.1. The molecule has 0 saturated carbocycles.